The molecule has 5 nitrogen and oxygen atoms in total. The van der Waals surface area contributed by atoms with E-state index in [0.29, 0.717) is 12.8 Å². The third-order valence-corrected chi connectivity index (χ3v) is 3.81. The number of aromatic nitrogens is 2. The maximum Gasteiger partial charge on any atom is 0.224 e. The minimum atomic E-state index is -0.000401. The van der Waals surface area contributed by atoms with Crippen molar-refractivity contribution >= 4 is 22.6 Å². The van der Waals surface area contributed by atoms with Gasteiger partial charge in [-0.3, -0.25) is 9.89 Å². The molecule has 0 spiro atoms. The van der Waals surface area contributed by atoms with E-state index in [0.717, 1.165) is 39.4 Å². The van der Waals surface area contributed by atoms with E-state index in [2.05, 4.69) is 15.5 Å². The van der Waals surface area contributed by atoms with Gasteiger partial charge in [0.1, 0.15) is 11.3 Å². The lowest BCUT2D eigenvalue weighted by molar-refractivity contribution is -0.116. The Hall–Kier alpha value is -2.56. The predicted molar refractivity (Wildman–Crippen MR) is 86.0 cm³/mol. The van der Waals surface area contributed by atoms with Crippen LogP contribution in [0.4, 0.5) is 5.69 Å². The zero-order valence-electron chi connectivity index (χ0n) is 13.0. The van der Waals surface area contributed by atoms with Crippen LogP contribution in [0.3, 0.4) is 0 Å². The second-order valence-electron chi connectivity index (χ2n) is 5.57. The molecular weight excluding hydrogens is 278 g/mol. The SMILES string of the molecule is Cc1cc2cc(NC(=O)CCc3c(C)n[nH]c3C)ccc2o1. The highest BCUT2D eigenvalue weighted by molar-refractivity contribution is 5.93. The molecule has 22 heavy (non-hydrogen) atoms. The standard InChI is InChI=1S/C17H19N3O2/c1-10-8-13-9-14(4-6-16(13)22-10)18-17(21)7-5-15-11(2)19-20-12(15)3/h4,6,8-9H,5,7H2,1-3H3,(H,18,21)(H,19,20). The summed E-state index contributed by atoms with van der Waals surface area (Å²) in [5.41, 5.74) is 4.73. The number of fused-ring (bicyclic) bond motifs is 1. The Bertz CT molecular complexity index is 810. The summed E-state index contributed by atoms with van der Waals surface area (Å²) in [4.78, 5) is 12.1. The van der Waals surface area contributed by atoms with Crippen molar-refractivity contribution in [3.8, 4) is 0 Å². The van der Waals surface area contributed by atoms with E-state index < -0.39 is 0 Å². The fourth-order valence-electron chi connectivity index (χ4n) is 2.66. The number of aryl methyl sites for hydroxylation is 3. The van der Waals surface area contributed by atoms with Gasteiger partial charge < -0.3 is 9.73 Å². The number of benzene rings is 1. The first kappa shape index (κ1) is 14.4. The minimum Gasteiger partial charge on any atom is -0.461 e. The van der Waals surface area contributed by atoms with Gasteiger partial charge in [-0.1, -0.05) is 0 Å². The number of carbonyl (C=O) groups excluding carboxylic acids is 1. The summed E-state index contributed by atoms with van der Waals surface area (Å²) >= 11 is 0. The number of furan rings is 1. The lowest BCUT2D eigenvalue weighted by atomic mass is 10.1. The molecule has 0 aliphatic rings. The van der Waals surface area contributed by atoms with Crippen LogP contribution in [0, 0.1) is 20.8 Å². The normalized spacial score (nSPS) is 11.0. The Morgan fingerprint density at radius 3 is 2.82 bits per heavy atom. The summed E-state index contributed by atoms with van der Waals surface area (Å²) in [7, 11) is 0. The molecule has 0 unspecified atom stereocenters. The minimum absolute atomic E-state index is 0.000401. The number of H-pyrrole nitrogens is 1. The fourth-order valence-corrected chi connectivity index (χ4v) is 2.66. The number of nitrogens with zero attached hydrogens (tertiary/aromatic N) is 1. The average Bonchev–Trinajstić information content (AvgIpc) is 2.98. The van der Waals surface area contributed by atoms with Crippen LogP contribution < -0.4 is 5.32 Å². The number of amides is 1. The van der Waals surface area contributed by atoms with E-state index in [4.69, 9.17) is 4.42 Å². The summed E-state index contributed by atoms with van der Waals surface area (Å²) in [6.07, 6.45) is 1.12. The molecule has 0 atom stereocenters. The molecule has 0 aliphatic carbocycles. The van der Waals surface area contributed by atoms with Crippen molar-refractivity contribution in [1.82, 2.24) is 10.2 Å². The molecule has 0 radical (unpaired) electrons. The molecule has 3 rings (SSSR count). The van der Waals surface area contributed by atoms with Crippen LogP contribution in [0.2, 0.25) is 0 Å². The molecule has 2 N–H and O–H groups in total. The smallest absolute Gasteiger partial charge is 0.224 e. The number of nitrogens with one attached hydrogen (secondary N) is 2. The molecule has 0 fully saturated rings. The van der Waals surface area contributed by atoms with Crippen LogP contribution in [0.15, 0.2) is 28.7 Å². The first-order valence-corrected chi connectivity index (χ1v) is 7.33. The quantitative estimate of drug-likeness (QED) is 0.772. The molecule has 114 valence electrons. The predicted octanol–water partition coefficient (Wildman–Crippen LogP) is 3.65. The van der Waals surface area contributed by atoms with Gasteiger partial charge in [-0.25, -0.2) is 0 Å². The van der Waals surface area contributed by atoms with Gasteiger partial charge in [0.2, 0.25) is 5.91 Å². The summed E-state index contributed by atoms with van der Waals surface area (Å²) in [6.45, 7) is 5.84. The van der Waals surface area contributed by atoms with Crippen LogP contribution in [0.25, 0.3) is 11.0 Å². The molecule has 3 aromatic rings. The molecule has 2 heterocycles. The van der Waals surface area contributed by atoms with Gasteiger partial charge in [0, 0.05) is 23.2 Å². The molecule has 5 heteroatoms. The lowest BCUT2D eigenvalue weighted by Gasteiger charge is -2.05. The lowest BCUT2D eigenvalue weighted by Crippen LogP contribution is -2.12. The summed E-state index contributed by atoms with van der Waals surface area (Å²) < 4.78 is 5.53. The molecule has 0 saturated heterocycles. The Kier molecular flexibility index (Phi) is 3.71. The first-order valence-electron chi connectivity index (χ1n) is 7.33. The van der Waals surface area contributed by atoms with E-state index in [9.17, 15) is 4.79 Å². The van der Waals surface area contributed by atoms with E-state index in [-0.39, 0.29) is 5.91 Å². The molecule has 0 saturated carbocycles. The van der Waals surface area contributed by atoms with Gasteiger partial charge in [0.15, 0.2) is 0 Å². The van der Waals surface area contributed by atoms with Crippen molar-refractivity contribution in [2.24, 2.45) is 0 Å². The van der Waals surface area contributed by atoms with Gasteiger partial charge in [0.05, 0.1) is 5.69 Å². The monoisotopic (exact) mass is 297 g/mol. The van der Waals surface area contributed by atoms with Crippen LogP contribution in [-0.2, 0) is 11.2 Å². The van der Waals surface area contributed by atoms with Crippen molar-refractivity contribution in [2.45, 2.75) is 33.6 Å². The van der Waals surface area contributed by atoms with Crippen LogP contribution >= 0.6 is 0 Å². The third-order valence-electron chi connectivity index (χ3n) is 3.81. The summed E-state index contributed by atoms with van der Waals surface area (Å²) in [5.74, 6) is 0.865. The molecule has 0 bridgehead atoms. The number of hydrogen-bond donors (Lipinski definition) is 2. The molecule has 0 aliphatic heterocycles. The van der Waals surface area contributed by atoms with Crippen molar-refractivity contribution < 1.29 is 9.21 Å². The Labute approximate surface area is 128 Å². The number of aromatic amines is 1. The molecule has 1 amide bonds. The Morgan fingerprint density at radius 1 is 1.27 bits per heavy atom. The van der Waals surface area contributed by atoms with Crippen molar-refractivity contribution in [1.29, 1.82) is 0 Å². The molecular formula is C17H19N3O2. The van der Waals surface area contributed by atoms with Gasteiger partial charge in [-0.15, -0.1) is 0 Å². The fraction of sp³-hybridized carbons (Fsp3) is 0.294. The number of hydrogen-bond acceptors (Lipinski definition) is 3. The highest BCUT2D eigenvalue weighted by atomic mass is 16.3. The Balaban J connectivity index is 1.65. The highest BCUT2D eigenvalue weighted by Crippen LogP contribution is 2.22. The average molecular weight is 297 g/mol. The topological polar surface area (TPSA) is 70.9 Å². The van der Waals surface area contributed by atoms with Gasteiger partial charge in [-0.05, 0) is 57.0 Å². The largest absolute Gasteiger partial charge is 0.461 e. The van der Waals surface area contributed by atoms with Gasteiger partial charge in [0.25, 0.3) is 0 Å². The van der Waals surface area contributed by atoms with Crippen LogP contribution in [0.5, 0.6) is 0 Å². The zero-order valence-corrected chi connectivity index (χ0v) is 13.0. The second-order valence-corrected chi connectivity index (χ2v) is 5.57. The number of carbonyl (C=O) groups is 1. The van der Waals surface area contributed by atoms with Gasteiger partial charge in [-0.2, -0.15) is 5.10 Å². The third kappa shape index (κ3) is 2.88. The van der Waals surface area contributed by atoms with Crippen molar-refractivity contribution in [3.63, 3.8) is 0 Å². The maximum atomic E-state index is 12.1. The highest BCUT2D eigenvalue weighted by Gasteiger charge is 2.10. The van der Waals surface area contributed by atoms with Crippen LogP contribution in [0.1, 0.15) is 29.1 Å². The molecule has 2 aromatic heterocycles. The van der Waals surface area contributed by atoms with Crippen LogP contribution in [-0.4, -0.2) is 16.1 Å². The Morgan fingerprint density at radius 2 is 2.09 bits per heavy atom. The van der Waals surface area contributed by atoms with E-state index in [1.807, 2.05) is 45.0 Å². The summed E-state index contributed by atoms with van der Waals surface area (Å²) in [5, 5.41) is 11.0. The maximum absolute atomic E-state index is 12.1. The summed E-state index contributed by atoms with van der Waals surface area (Å²) in [6, 6.07) is 7.63. The molecule has 1 aromatic carbocycles. The van der Waals surface area contributed by atoms with Crippen molar-refractivity contribution in [3.05, 3.63) is 47.0 Å². The van der Waals surface area contributed by atoms with E-state index in [1.165, 1.54) is 0 Å². The first-order chi connectivity index (χ1) is 10.5. The van der Waals surface area contributed by atoms with Gasteiger partial charge >= 0.3 is 0 Å². The van der Waals surface area contributed by atoms with E-state index >= 15 is 0 Å². The zero-order chi connectivity index (χ0) is 15.7. The van der Waals surface area contributed by atoms with E-state index in [1.54, 1.807) is 0 Å². The van der Waals surface area contributed by atoms with Crippen molar-refractivity contribution in [2.75, 3.05) is 5.32 Å². The number of rotatable bonds is 4. The number of anilines is 1. The second kappa shape index (κ2) is 5.67.